The lowest BCUT2D eigenvalue weighted by atomic mass is 9.98. The third-order valence-electron chi connectivity index (χ3n) is 3.03. The fourth-order valence-corrected chi connectivity index (χ4v) is 1.52. The number of hydrogen-bond acceptors (Lipinski definition) is 3. The van der Waals surface area contributed by atoms with E-state index in [0.717, 1.165) is 12.0 Å². The summed E-state index contributed by atoms with van der Waals surface area (Å²) in [5.74, 6) is -0.326. The molecule has 2 unspecified atom stereocenters. The van der Waals surface area contributed by atoms with Crippen molar-refractivity contribution < 1.29 is 19.7 Å². The van der Waals surface area contributed by atoms with Gasteiger partial charge in [-0.05, 0) is 30.9 Å². The molecule has 100 valence electrons. The first-order valence-corrected chi connectivity index (χ1v) is 6.06. The molecule has 0 aliphatic rings. The number of benzene rings is 1. The Morgan fingerprint density at radius 2 is 2.06 bits per heavy atom. The largest absolute Gasteiger partial charge is 0.490 e. The van der Waals surface area contributed by atoms with E-state index in [1.165, 1.54) is 6.92 Å². The molecule has 0 aromatic heterocycles. The Morgan fingerprint density at radius 1 is 1.44 bits per heavy atom. The first-order chi connectivity index (χ1) is 8.38. The maximum atomic E-state index is 10.8. The molecular weight excluding hydrogens is 232 g/mol. The van der Waals surface area contributed by atoms with Gasteiger partial charge in [0.25, 0.3) is 0 Å². The zero-order chi connectivity index (χ0) is 13.8. The van der Waals surface area contributed by atoms with E-state index in [0.29, 0.717) is 11.7 Å². The molecule has 2 atom stereocenters. The van der Waals surface area contributed by atoms with Gasteiger partial charge in [0.15, 0.2) is 5.60 Å². The van der Waals surface area contributed by atoms with Gasteiger partial charge < -0.3 is 14.9 Å². The molecule has 0 bridgehead atoms. The molecule has 18 heavy (non-hydrogen) atoms. The van der Waals surface area contributed by atoms with E-state index in [2.05, 4.69) is 13.8 Å². The molecule has 0 fully saturated rings. The van der Waals surface area contributed by atoms with E-state index in [9.17, 15) is 9.90 Å². The molecule has 1 aromatic carbocycles. The maximum Gasteiger partial charge on any atom is 0.339 e. The fourth-order valence-electron chi connectivity index (χ4n) is 1.52. The van der Waals surface area contributed by atoms with Crippen molar-refractivity contribution in [3.05, 3.63) is 29.8 Å². The minimum Gasteiger partial charge on any atom is -0.490 e. The summed E-state index contributed by atoms with van der Waals surface area (Å²) in [6, 6.07) is 7.50. The first kappa shape index (κ1) is 14.5. The molecule has 0 heterocycles. The summed E-state index contributed by atoms with van der Waals surface area (Å²) >= 11 is 0. The van der Waals surface area contributed by atoms with Gasteiger partial charge >= 0.3 is 5.97 Å². The van der Waals surface area contributed by atoms with Crippen molar-refractivity contribution in [1.29, 1.82) is 0 Å². The highest BCUT2D eigenvalue weighted by molar-refractivity contribution is 5.76. The number of hydrogen-bond donors (Lipinski definition) is 2. The van der Waals surface area contributed by atoms with Crippen LogP contribution in [0.15, 0.2) is 24.3 Å². The van der Waals surface area contributed by atoms with Gasteiger partial charge in [-0.15, -0.1) is 0 Å². The maximum absolute atomic E-state index is 10.8. The van der Waals surface area contributed by atoms with Crippen LogP contribution in [0.4, 0.5) is 0 Å². The molecule has 1 aromatic rings. The van der Waals surface area contributed by atoms with E-state index in [4.69, 9.17) is 9.84 Å². The topological polar surface area (TPSA) is 66.8 Å². The number of carboxylic acid groups (broad SMARTS) is 1. The summed E-state index contributed by atoms with van der Waals surface area (Å²) in [5.41, 5.74) is -0.844. The highest BCUT2D eigenvalue weighted by Crippen LogP contribution is 2.28. The summed E-state index contributed by atoms with van der Waals surface area (Å²) in [5, 5.41) is 18.4. The molecule has 0 aliphatic heterocycles. The number of aliphatic hydroxyl groups is 1. The average molecular weight is 252 g/mol. The predicted octanol–water partition coefficient (Wildman–Crippen LogP) is 2.41. The quantitative estimate of drug-likeness (QED) is 0.816. The molecule has 1 rings (SSSR count). The Kier molecular flexibility index (Phi) is 4.73. The monoisotopic (exact) mass is 252 g/mol. The van der Waals surface area contributed by atoms with E-state index < -0.39 is 11.6 Å². The summed E-state index contributed by atoms with van der Waals surface area (Å²) in [6.07, 6.45) is 0.968. The molecule has 4 nitrogen and oxygen atoms in total. The van der Waals surface area contributed by atoms with Gasteiger partial charge in [0.2, 0.25) is 0 Å². The van der Waals surface area contributed by atoms with Crippen LogP contribution in [-0.2, 0) is 4.79 Å². The van der Waals surface area contributed by atoms with Crippen LogP contribution in [-0.4, -0.2) is 28.4 Å². The zero-order valence-corrected chi connectivity index (χ0v) is 11.0. The van der Waals surface area contributed by atoms with Crippen LogP contribution in [0.2, 0.25) is 0 Å². The third kappa shape index (κ3) is 3.47. The van der Waals surface area contributed by atoms with Gasteiger partial charge in [0.05, 0.1) is 0 Å². The average Bonchev–Trinajstić information content (AvgIpc) is 2.35. The van der Waals surface area contributed by atoms with E-state index in [1.807, 2.05) is 18.2 Å². The highest BCUT2D eigenvalue weighted by atomic mass is 16.5. The number of aliphatic carboxylic acids is 1. The number of carboxylic acids is 1. The van der Waals surface area contributed by atoms with Crippen LogP contribution in [0.25, 0.3) is 0 Å². The summed E-state index contributed by atoms with van der Waals surface area (Å²) < 4.78 is 5.46. The molecule has 0 spiro atoms. The summed E-state index contributed by atoms with van der Waals surface area (Å²) in [7, 11) is 0. The standard InChI is InChI=1S/C14H20O4/c1-4-10(2)11-7-5-6-8-12(11)18-9-14(3,17)13(15)16/h5-8,10,17H,4,9H2,1-3H3,(H,15,16). The minimum absolute atomic E-state index is 0.268. The smallest absolute Gasteiger partial charge is 0.339 e. The second-order valence-electron chi connectivity index (χ2n) is 4.71. The van der Waals surface area contributed by atoms with Crippen molar-refractivity contribution >= 4 is 5.97 Å². The van der Waals surface area contributed by atoms with Gasteiger partial charge in [-0.2, -0.15) is 0 Å². The highest BCUT2D eigenvalue weighted by Gasteiger charge is 2.31. The Balaban J connectivity index is 2.82. The lowest BCUT2D eigenvalue weighted by Crippen LogP contribution is -2.41. The predicted molar refractivity (Wildman–Crippen MR) is 68.9 cm³/mol. The van der Waals surface area contributed by atoms with Crippen molar-refractivity contribution in [1.82, 2.24) is 0 Å². The van der Waals surface area contributed by atoms with Gasteiger partial charge in [-0.25, -0.2) is 4.79 Å². The Bertz CT molecular complexity index is 412. The first-order valence-electron chi connectivity index (χ1n) is 6.06. The van der Waals surface area contributed by atoms with Crippen molar-refractivity contribution in [2.24, 2.45) is 0 Å². The number of rotatable bonds is 6. The zero-order valence-electron chi connectivity index (χ0n) is 11.0. The van der Waals surface area contributed by atoms with Gasteiger partial charge in [0.1, 0.15) is 12.4 Å². The Labute approximate surface area is 107 Å². The molecule has 0 radical (unpaired) electrons. The molecule has 0 amide bonds. The minimum atomic E-state index is -1.87. The molecule has 2 N–H and O–H groups in total. The fraction of sp³-hybridized carbons (Fsp3) is 0.500. The van der Waals surface area contributed by atoms with Gasteiger partial charge in [-0.1, -0.05) is 32.0 Å². The normalized spacial score (nSPS) is 15.8. The lowest BCUT2D eigenvalue weighted by molar-refractivity contribution is -0.159. The van der Waals surface area contributed by atoms with E-state index in [-0.39, 0.29) is 6.61 Å². The Hall–Kier alpha value is -1.55. The molecule has 0 saturated heterocycles. The van der Waals surface area contributed by atoms with Crippen molar-refractivity contribution in [2.75, 3.05) is 6.61 Å². The van der Waals surface area contributed by atoms with Crippen LogP contribution >= 0.6 is 0 Å². The van der Waals surface area contributed by atoms with Crippen molar-refractivity contribution in [3.63, 3.8) is 0 Å². The second-order valence-corrected chi connectivity index (χ2v) is 4.71. The summed E-state index contributed by atoms with van der Waals surface area (Å²) in [6.45, 7) is 5.11. The van der Waals surface area contributed by atoms with Crippen molar-refractivity contribution in [2.45, 2.75) is 38.7 Å². The van der Waals surface area contributed by atoms with Crippen LogP contribution < -0.4 is 4.74 Å². The molecule has 0 saturated carbocycles. The second kappa shape index (κ2) is 5.87. The van der Waals surface area contributed by atoms with Gasteiger partial charge in [-0.3, -0.25) is 0 Å². The Morgan fingerprint density at radius 3 is 2.61 bits per heavy atom. The van der Waals surface area contributed by atoms with Gasteiger partial charge in [0, 0.05) is 0 Å². The van der Waals surface area contributed by atoms with Crippen LogP contribution in [0, 0.1) is 0 Å². The number of carbonyl (C=O) groups is 1. The van der Waals surface area contributed by atoms with Crippen LogP contribution in [0.1, 0.15) is 38.7 Å². The van der Waals surface area contributed by atoms with E-state index >= 15 is 0 Å². The lowest BCUT2D eigenvalue weighted by Gasteiger charge is -2.21. The van der Waals surface area contributed by atoms with E-state index in [1.54, 1.807) is 6.07 Å². The van der Waals surface area contributed by atoms with Crippen molar-refractivity contribution in [3.8, 4) is 5.75 Å². The van der Waals surface area contributed by atoms with Crippen LogP contribution in [0.3, 0.4) is 0 Å². The molecule has 0 aliphatic carbocycles. The summed E-state index contributed by atoms with van der Waals surface area (Å²) in [4.78, 5) is 10.8. The SMILES string of the molecule is CCC(C)c1ccccc1OCC(C)(O)C(=O)O. The van der Waals surface area contributed by atoms with Crippen LogP contribution in [0.5, 0.6) is 5.75 Å². The molecular formula is C14H20O4. The third-order valence-corrected chi connectivity index (χ3v) is 3.03. The molecule has 4 heteroatoms. The number of para-hydroxylation sites is 1. The number of ether oxygens (including phenoxy) is 1.